The molecule has 5 nitrogen and oxygen atoms in total. The largest absolute Gasteiger partial charge is 0.480 e. The van der Waals surface area contributed by atoms with E-state index in [0.29, 0.717) is 12.8 Å². The molecule has 3 N–H and O–H groups in total. The molecule has 1 saturated carbocycles. The maximum Gasteiger partial charge on any atom is 0.329 e. The molecule has 0 radical (unpaired) electrons. The summed E-state index contributed by atoms with van der Waals surface area (Å²) in [4.78, 5) is 23.2. The Morgan fingerprint density at radius 2 is 1.68 bits per heavy atom. The minimum Gasteiger partial charge on any atom is -0.480 e. The number of carboxylic acids is 1. The Balaban J connectivity index is 2.64. The van der Waals surface area contributed by atoms with Crippen LogP contribution in [0.25, 0.3) is 0 Å². The highest BCUT2D eigenvalue weighted by Gasteiger charge is 2.65. The molecule has 110 valence electrons. The summed E-state index contributed by atoms with van der Waals surface area (Å²) in [5.41, 5.74) is -1.13. The van der Waals surface area contributed by atoms with E-state index in [1.54, 1.807) is 6.92 Å². The van der Waals surface area contributed by atoms with Gasteiger partial charge in [0, 0.05) is 6.04 Å². The van der Waals surface area contributed by atoms with Crippen LogP contribution in [-0.4, -0.2) is 28.7 Å². The predicted octanol–water partition coefficient (Wildman–Crippen LogP) is 2.36. The molecule has 1 aliphatic carbocycles. The molecule has 1 rings (SSSR count). The van der Waals surface area contributed by atoms with Gasteiger partial charge in [0.2, 0.25) is 0 Å². The summed E-state index contributed by atoms with van der Waals surface area (Å²) in [5, 5.41) is 14.7. The van der Waals surface area contributed by atoms with Crippen molar-refractivity contribution >= 4 is 12.0 Å². The predicted molar refractivity (Wildman–Crippen MR) is 74.0 cm³/mol. The normalized spacial score (nSPS) is 23.3. The second-order valence-electron chi connectivity index (χ2n) is 6.86. The zero-order valence-electron chi connectivity index (χ0n) is 12.8. The lowest BCUT2D eigenvalue weighted by Gasteiger charge is -2.26. The van der Waals surface area contributed by atoms with Gasteiger partial charge < -0.3 is 15.7 Å². The van der Waals surface area contributed by atoms with Crippen LogP contribution >= 0.6 is 0 Å². The van der Waals surface area contributed by atoms with Crippen molar-refractivity contribution in [1.29, 1.82) is 0 Å². The van der Waals surface area contributed by atoms with Crippen LogP contribution in [0.3, 0.4) is 0 Å². The van der Waals surface area contributed by atoms with Crippen molar-refractivity contribution in [2.24, 2.45) is 10.8 Å². The number of amides is 2. The van der Waals surface area contributed by atoms with Gasteiger partial charge in [0.05, 0.1) is 0 Å². The fourth-order valence-corrected chi connectivity index (χ4v) is 2.70. The SMILES string of the molecule is CCCC(C)(NC(=O)NC1C(C)(C)C1(C)C)C(=O)O. The van der Waals surface area contributed by atoms with Crippen LogP contribution in [0.4, 0.5) is 4.79 Å². The fraction of sp³-hybridized carbons (Fsp3) is 0.857. The van der Waals surface area contributed by atoms with Gasteiger partial charge in [-0.25, -0.2) is 9.59 Å². The number of rotatable bonds is 5. The summed E-state index contributed by atoms with van der Waals surface area (Å²) in [6.07, 6.45) is 1.11. The Hall–Kier alpha value is -1.26. The first-order chi connectivity index (χ1) is 8.49. The number of hydrogen-bond donors (Lipinski definition) is 3. The van der Waals surface area contributed by atoms with Gasteiger partial charge in [0.15, 0.2) is 0 Å². The van der Waals surface area contributed by atoms with Crippen molar-refractivity contribution in [3.63, 3.8) is 0 Å². The molecule has 0 aromatic carbocycles. The molecule has 5 heteroatoms. The van der Waals surface area contributed by atoms with E-state index in [2.05, 4.69) is 38.3 Å². The third-order valence-electron chi connectivity index (χ3n) is 4.91. The number of hydrogen-bond acceptors (Lipinski definition) is 2. The molecule has 0 aromatic heterocycles. The maximum absolute atomic E-state index is 12.0. The Kier molecular flexibility index (Phi) is 3.90. The Morgan fingerprint density at radius 3 is 2.00 bits per heavy atom. The van der Waals surface area contributed by atoms with Crippen LogP contribution in [0, 0.1) is 10.8 Å². The standard InChI is InChI=1S/C14H26N2O3/c1-7-8-14(6,10(17)18)16-11(19)15-9-12(2,3)13(9,4)5/h9H,7-8H2,1-6H3,(H,17,18)(H2,15,16,19). The number of aliphatic carboxylic acids is 1. The summed E-state index contributed by atoms with van der Waals surface area (Å²) in [6, 6.07) is -0.332. The summed E-state index contributed by atoms with van der Waals surface area (Å²) in [6.45, 7) is 11.8. The summed E-state index contributed by atoms with van der Waals surface area (Å²) in [7, 11) is 0. The van der Waals surface area contributed by atoms with Gasteiger partial charge in [0.25, 0.3) is 0 Å². The van der Waals surface area contributed by atoms with E-state index < -0.39 is 17.5 Å². The van der Waals surface area contributed by atoms with Gasteiger partial charge in [-0.1, -0.05) is 41.0 Å². The fourth-order valence-electron chi connectivity index (χ4n) is 2.70. The Bertz CT molecular complexity index is 376. The lowest BCUT2D eigenvalue weighted by atomic mass is 9.97. The van der Waals surface area contributed by atoms with E-state index in [-0.39, 0.29) is 16.9 Å². The quantitative estimate of drug-likeness (QED) is 0.717. The van der Waals surface area contributed by atoms with Gasteiger partial charge in [0.1, 0.15) is 5.54 Å². The van der Waals surface area contributed by atoms with E-state index in [1.165, 1.54) is 0 Å². The van der Waals surface area contributed by atoms with Gasteiger partial charge in [-0.2, -0.15) is 0 Å². The molecule has 19 heavy (non-hydrogen) atoms. The zero-order valence-corrected chi connectivity index (χ0v) is 12.8. The van der Waals surface area contributed by atoms with Crippen molar-refractivity contribution in [3.8, 4) is 0 Å². The summed E-state index contributed by atoms with van der Waals surface area (Å²) < 4.78 is 0. The number of urea groups is 1. The first-order valence-corrected chi connectivity index (χ1v) is 6.81. The molecular weight excluding hydrogens is 244 g/mol. The third kappa shape index (κ3) is 2.69. The van der Waals surface area contributed by atoms with E-state index in [0.717, 1.165) is 0 Å². The molecule has 0 heterocycles. The van der Waals surface area contributed by atoms with Gasteiger partial charge in [-0.05, 0) is 24.2 Å². The third-order valence-corrected chi connectivity index (χ3v) is 4.91. The van der Waals surface area contributed by atoms with Crippen LogP contribution in [0.2, 0.25) is 0 Å². The highest BCUT2D eigenvalue weighted by Crippen LogP contribution is 2.62. The summed E-state index contributed by atoms with van der Waals surface area (Å²) in [5.74, 6) is -1.00. The number of carbonyl (C=O) groups excluding carboxylic acids is 1. The lowest BCUT2D eigenvalue weighted by Crippen LogP contribution is -2.55. The molecule has 1 unspecified atom stereocenters. The van der Waals surface area contributed by atoms with Crippen molar-refractivity contribution in [3.05, 3.63) is 0 Å². The molecule has 0 spiro atoms. The van der Waals surface area contributed by atoms with Gasteiger partial charge in [-0.3, -0.25) is 0 Å². The van der Waals surface area contributed by atoms with E-state index in [1.807, 2.05) is 6.92 Å². The van der Waals surface area contributed by atoms with Crippen LogP contribution in [0.15, 0.2) is 0 Å². The van der Waals surface area contributed by atoms with Gasteiger partial charge >= 0.3 is 12.0 Å². The van der Waals surface area contributed by atoms with Crippen LogP contribution in [0.1, 0.15) is 54.4 Å². The van der Waals surface area contributed by atoms with Crippen molar-refractivity contribution in [1.82, 2.24) is 10.6 Å². The second-order valence-corrected chi connectivity index (χ2v) is 6.86. The molecule has 1 atom stereocenters. The maximum atomic E-state index is 12.0. The first kappa shape index (κ1) is 15.8. The number of carboxylic acid groups (broad SMARTS) is 1. The topological polar surface area (TPSA) is 78.4 Å². The molecule has 0 bridgehead atoms. The smallest absolute Gasteiger partial charge is 0.329 e. The lowest BCUT2D eigenvalue weighted by molar-refractivity contribution is -0.144. The zero-order chi connectivity index (χ0) is 15.1. The van der Waals surface area contributed by atoms with E-state index in [4.69, 9.17) is 0 Å². The minimum atomic E-state index is -1.21. The molecule has 0 saturated heterocycles. The molecule has 1 aliphatic rings. The molecular formula is C14H26N2O3. The number of nitrogens with one attached hydrogen (secondary N) is 2. The first-order valence-electron chi connectivity index (χ1n) is 6.81. The van der Waals surface area contributed by atoms with Gasteiger partial charge in [-0.15, -0.1) is 0 Å². The average Bonchev–Trinajstić information content (AvgIpc) is 2.60. The molecule has 0 aliphatic heterocycles. The average molecular weight is 270 g/mol. The van der Waals surface area contributed by atoms with Crippen LogP contribution in [0.5, 0.6) is 0 Å². The Labute approximate surface area is 115 Å². The van der Waals surface area contributed by atoms with Crippen molar-refractivity contribution in [2.75, 3.05) is 0 Å². The van der Waals surface area contributed by atoms with Crippen LogP contribution in [-0.2, 0) is 4.79 Å². The Morgan fingerprint density at radius 1 is 1.21 bits per heavy atom. The van der Waals surface area contributed by atoms with Crippen molar-refractivity contribution in [2.45, 2.75) is 66.0 Å². The molecule has 1 fully saturated rings. The van der Waals surface area contributed by atoms with Crippen molar-refractivity contribution < 1.29 is 14.7 Å². The second kappa shape index (κ2) is 4.69. The van der Waals surface area contributed by atoms with E-state index in [9.17, 15) is 14.7 Å². The highest BCUT2D eigenvalue weighted by atomic mass is 16.4. The number of carbonyl (C=O) groups is 2. The highest BCUT2D eigenvalue weighted by molar-refractivity contribution is 5.86. The summed E-state index contributed by atoms with van der Waals surface area (Å²) >= 11 is 0. The molecule has 0 aromatic rings. The van der Waals surface area contributed by atoms with Crippen LogP contribution < -0.4 is 10.6 Å². The van der Waals surface area contributed by atoms with E-state index >= 15 is 0 Å². The monoisotopic (exact) mass is 270 g/mol. The minimum absolute atomic E-state index is 0.0364. The molecule has 2 amide bonds.